The van der Waals surface area contributed by atoms with E-state index in [1.54, 1.807) is 0 Å². The van der Waals surface area contributed by atoms with Crippen LogP contribution in [-0.4, -0.2) is 35.8 Å². The number of esters is 1. The van der Waals surface area contributed by atoms with Crippen LogP contribution in [0.1, 0.15) is 118 Å². The highest BCUT2D eigenvalue weighted by Crippen LogP contribution is 2.60. The predicted octanol–water partition coefficient (Wildman–Crippen LogP) is 7.12. The van der Waals surface area contributed by atoms with Crippen molar-refractivity contribution in [1.29, 1.82) is 0 Å². The number of hydrogen-bond donors (Lipinski definition) is 0. The molecule has 0 unspecified atom stereocenters. The van der Waals surface area contributed by atoms with E-state index >= 15 is 0 Å². The zero-order valence-electron chi connectivity index (χ0n) is 23.4. The number of rotatable bonds is 15. The first-order chi connectivity index (χ1) is 19.1. The molecule has 2 aromatic rings. The Morgan fingerprint density at radius 1 is 0.667 bits per heavy atom. The highest BCUT2D eigenvalue weighted by molar-refractivity contribution is 6.07. The van der Waals surface area contributed by atoms with E-state index in [-0.39, 0.29) is 41.5 Å². The van der Waals surface area contributed by atoms with Gasteiger partial charge in [0.1, 0.15) is 0 Å². The largest absolute Gasteiger partial charge is 0.466 e. The highest BCUT2D eigenvalue weighted by atomic mass is 16.5. The lowest BCUT2D eigenvalue weighted by Gasteiger charge is -2.45. The molecular formula is C34H43NO4. The number of amides is 2. The van der Waals surface area contributed by atoms with Gasteiger partial charge in [-0.3, -0.25) is 19.3 Å². The number of nitrogens with zero attached hydrogens (tertiary/aromatic N) is 1. The Hall–Kier alpha value is -2.95. The van der Waals surface area contributed by atoms with Crippen molar-refractivity contribution in [2.24, 2.45) is 11.8 Å². The van der Waals surface area contributed by atoms with Gasteiger partial charge in [0.15, 0.2) is 0 Å². The molecule has 2 atom stereocenters. The smallest absolute Gasteiger partial charge is 0.305 e. The van der Waals surface area contributed by atoms with E-state index in [0.717, 1.165) is 32.1 Å². The van der Waals surface area contributed by atoms with Gasteiger partial charge in [-0.25, -0.2) is 0 Å². The molecule has 5 nitrogen and oxygen atoms in total. The summed E-state index contributed by atoms with van der Waals surface area (Å²) in [5.41, 5.74) is 4.82. The van der Waals surface area contributed by atoms with Crippen molar-refractivity contribution >= 4 is 17.8 Å². The summed E-state index contributed by atoms with van der Waals surface area (Å²) in [6, 6.07) is 16.7. The second-order valence-corrected chi connectivity index (χ2v) is 11.6. The van der Waals surface area contributed by atoms with Crippen LogP contribution in [-0.2, 0) is 19.1 Å². The van der Waals surface area contributed by atoms with Crippen LogP contribution in [0.25, 0.3) is 0 Å². The van der Waals surface area contributed by atoms with Crippen LogP contribution >= 0.6 is 0 Å². The second kappa shape index (κ2) is 12.9. The number of unbranched alkanes of at least 4 members (excludes halogenated alkanes) is 9. The van der Waals surface area contributed by atoms with Crippen molar-refractivity contribution in [3.05, 3.63) is 70.8 Å². The van der Waals surface area contributed by atoms with Gasteiger partial charge in [-0.05, 0) is 41.5 Å². The summed E-state index contributed by atoms with van der Waals surface area (Å²) in [5, 5.41) is 0. The molecule has 1 saturated heterocycles. The summed E-state index contributed by atoms with van der Waals surface area (Å²) in [6.45, 7) is 3.18. The van der Waals surface area contributed by atoms with E-state index in [0.29, 0.717) is 19.6 Å². The van der Waals surface area contributed by atoms with Crippen LogP contribution in [0.2, 0.25) is 0 Å². The van der Waals surface area contributed by atoms with Crippen LogP contribution in [0, 0.1) is 11.8 Å². The second-order valence-electron chi connectivity index (χ2n) is 11.6. The van der Waals surface area contributed by atoms with Crippen molar-refractivity contribution < 1.29 is 19.1 Å². The van der Waals surface area contributed by atoms with Gasteiger partial charge in [0, 0.05) is 24.8 Å². The summed E-state index contributed by atoms with van der Waals surface area (Å²) in [6.07, 6.45) is 12.4. The lowest BCUT2D eigenvalue weighted by Crippen LogP contribution is -2.41. The van der Waals surface area contributed by atoms with Gasteiger partial charge in [-0.2, -0.15) is 0 Å². The van der Waals surface area contributed by atoms with Crippen LogP contribution in [0.4, 0.5) is 0 Å². The van der Waals surface area contributed by atoms with Gasteiger partial charge >= 0.3 is 5.97 Å². The number of hydrogen-bond acceptors (Lipinski definition) is 4. The molecule has 4 aliphatic rings. The summed E-state index contributed by atoms with van der Waals surface area (Å²) >= 11 is 0. The third-order valence-corrected chi connectivity index (χ3v) is 9.06. The minimum Gasteiger partial charge on any atom is -0.466 e. The van der Waals surface area contributed by atoms with Crippen molar-refractivity contribution in [2.75, 3.05) is 13.2 Å². The first-order valence-corrected chi connectivity index (χ1v) is 15.3. The van der Waals surface area contributed by atoms with Crippen LogP contribution in [0.3, 0.4) is 0 Å². The zero-order valence-corrected chi connectivity index (χ0v) is 23.4. The Labute approximate surface area is 233 Å². The molecule has 208 valence electrons. The predicted molar refractivity (Wildman–Crippen MR) is 152 cm³/mol. The summed E-state index contributed by atoms with van der Waals surface area (Å²) in [5.74, 6) is -0.890. The minimum absolute atomic E-state index is 0.0196. The minimum atomic E-state index is -0.307. The molecular weight excluding hydrogens is 486 g/mol. The fourth-order valence-corrected chi connectivity index (χ4v) is 7.17. The number of benzene rings is 2. The first-order valence-electron chi connectivity index (χ1n) is 15.3. The van der Waals surface area contributed by atoms with E-state index in [9.17, 15) is 14.4 Å². The molecule has 1 heterocycles. The fourth-order valence-electron chi connectivity index (χ4n) is 7.17. The normalized spacial score (nSPS) is 22.5. The quantitative estimate of drug-likeness (QED) is 0.140. The molecule has 1 fully saturated rings. The Morgan fingerprint density at radius 2 is 1.13 bits per heavy atom. The van der Waals surface area contributed by atoms with Crippen molar-refractivity contribution in [2.45, 2.75) is 95.8 Å². The zero-order chi connectivity index (χ0) is 27.2. The molecule has 0 N–H and O–H groups in total. The van der Waals surface area contributed by atoms with Crippen LogP contribution in [0.15, 0.2) is 48.5 Å². The molecule has 2 aromatic carbocycles. The number of likely N-dealkylation sites (tertiary alicyclic amines) is 1. The standard InChI is InChI=1S/C34H43NO4/c1-2-3-4-5-6-7-8-16-23-39-28(36)21-10-9-15-22-35-33(37)31-29-24-17-11-12-18-25(24)30(32(31)34(35)38)27-20-14-13-19-26(27)29/h11-14,17-20,29-32H,2-10,15-16,21-23H2,1H3/t29?,30?,31-,32-/m0/s1. The average Bonchev–Trinajstić information content (AvgIpc) is 3.21. The lowest BCUT2D eigenvalue weighted by molar-refractivity contribution is -0.144. The molecule has 0 radical (unpaired) electrons. The Kier molecular flexibility index (Phi) is 9.16. The van der Waals surface area contributed by atoms with Gasteiger partial charge in [0.05, 0.1) is 18.4 Å². The third kappa shape index (κ3) is 5.69. The van der Waals surface area contributed by atoms with Crippen molar-refractivity contribution in [1.82, 2.24) is 4.90 Å². The number of carbonyl (C=O) groups excluding carboxylic acids is 3. The Morgan fingerprint density at radius 3 is 1.64 bits per heavy atom. The molecule has 2 bridgehead atoms. The summed E-state index contributed by atoms with van der Waals surface area (Å²) in [7, 11) is 0. The maximum absolute atomic E-state index is 13.6. The Balaban J connectivity index is 1.06. The monoisotopic (exact) mass is 529 g/mol. The summed E-state index contributed by atoms with van der Waals surface area (Å²) in [4.78, 5) is 40.9. The maximum atomic E-state index is 13.6. The SMILES string of the molecule is CCCCCCCCCCOC(=O)CCCCCN1C(=O)[C@H]2C3c4ccccc4C(c4ccccc43)[C@@H]2C1=O. The number of ether oxygens (including phenoxy) is 1. The van der Waals surface area contributed by atoms with Crippen molar-refractivity contribution in [3.63, 3.8) is 0 Å². The Bertz CT molecular complexity index is 1060. The molecule has 0 spiro atoms. The number of carbonyl (C=O) groups is 3. The third-order valence-electron chi connectivity index (χ3n) is 9.06. The van der Waals surface area contributed by atoms with Crippen LogP contribution < -0.4 is 0 Å². The molecule has 3 aliphatic carbocycles. The van der Waals surface area contributed by atoms with Crippen LogP contribution in [0.5, 0.6) is 0 Å². The van der Waals surface area contributed by atoms with E-state index in [2.05, 4.69) is 31.2 Å². The van der Waals surface area contributed by atoms with E-state index in [4.69, 9.17) is 4.74 Å². The molecule has 2 amide bonds. The number of imide groups is 1. The van der Waals surface area contributed by atoms with Gasteiger partial charge in [0.2, 0.25) is 11.8 Å². The molecule has 5 heteroatoms. The highest BCUT2D eigenvalue weighted by Gasteiger charge is 2.61. The van der Waals surface area contributed by atoms with Gasteiger partial charge in [0.25, 0.3) is 0 Å². The van der Waals surface area contributed by atoms with E-state index < -0.39 is 0 Å². The fraction of sp³-hybridized carbons (Fsp3) is 0.559. The molecule has 0 saturated carbocycles. The lowest BCUT2D eigenvalue weighted by atomic mass is 9.55. The van der Waals surface area contributed by atoms with E-state index in [1.165, 1.54) is 65.7 Å². The maximum Gasteiger partial charge on any atom is 0.305 e. The topological polar surface area (TPSA) is 63.7 Å². The molecule has 6 rings (SSSR count). The first kappa shape index (κ1) is 27.6. The van der Waals surface area contributed by atoms with Gasteiger partial charge < -0.3 is 4.74 Å². The molecule has 1 aliphatic heterocycles. The van der Waals surface area contributed by atoms with Gasteiger partial charge in [-0.15, -0.1) is 0 Å². The van der Waals surface area contributed by atoms with Gasteiger partial charge in [-0.1, -0.05) is 107 Å². The van der Waals surface area contributed by atoms with E-state index in [1.807, 2.05) is 24.3 Å². The molecule has 0 aromatic heterocycles. The van der Waals surface area contributed by atoms with Crippen molar-refractivity contribution in [3.8, 4) is 0 Å². The average molecular weight is 530 g/mol. The molecule has 39 heavy (non-hydrogen) atoms. The summed E-state index contributed by atoms with van der Waals surface area (Å²) < 4.78 is 5.40.